The fraction of sp³-hybridized carbons (Fsp3) is 0.250. The van der Waals surface area contributed by atoms with Gasteiger partial charge in [-0.1, -0.05) is 6.92 Å². The van der Waals surface area contributed by atoms with Crippen molar-refractivity contribution in [2.24, 2.45) is 0 Å². The Balaban J connectivity index is 2.80. The molecule has 0 aliphatic carbocycles. The van der Waals surface area contributed by atoms with Gasteiger partial charge in [-0.2, -0.15) is 0 Å². The number of aromatic nitrogens is 5. The van der Waals surface area contributed by atoms with Gasteiger partial charge in [0, 0.05) is 18.8 Å². The van der Waals surface area contributed by atoms with Crippen LogP contribution in [0.4, 0.5) is 0 Å². The van der Waals surface area contributed by atoms with Crippen LogP contribution in [0.25, 0.3) is 0 Å². The second-order valence-corrected chi connectivity index (χ2v) is 3.04. The highest BCUT2D eigenvalue weighted by Crippen LogP contribution is 1.95. The first-order valence-corrected chi connectivity index (χ1v) is 4.62. The van der Waals surface area contributed by atoms with Gasteiger partial charge in [-0.05, 0) is 0 Å². The molecule has 0 saturated carbocycles. The zero-order valence-corrected chi connectivity index (χ0v) is 8.43. The second-order valence-electron chi connectivity index (χ2n) is 3.04. The first kappa shape index (κ1) is 10.1. The Hall–Kier alpha value is -2.38. The van der Waals surface area contributed by atoms with Crippen LogP contribution in [0.3, 0.4) is 0 Å². The maximum atomic E-state index is 11.5. The molecule has 2 aromatic heterocycles. The number of H-pyrrole nitrogens is 2. The van der Waals surface area contributed by atoms with E-state index in [2.05, 4.69) is 4.98 Å². The van der Waals surface area contributed by atoms with Gasteiger partial charge in [-0.25, -0.2) is 24.0 Å². The molecule has 16 heavy (non-hydrogen) atoms. The normalized spacial score (nSPS) is 10.6. The maximum Gasteiger partial charge on any atom is 0.353 e. The largest absolute Gasteiger partial charge is 0.353 e. The lowest BCUT2D eigenvalue weighted by molar-refractivity contribution is 0.536. The van der Waals surface area contributed by atoms with Crippen molar-refractivity contribution in [1.29, 1.82) is 0 Å². The molecule has 0 aliphatic heterocycles. The van der Waals surface area contributed by atoms with Gasteiger partial charge >= 0.3 is 17.1 Å². The van der Waals surface area contributed by atoms with E-state index in [1.165, 1.54) is 17.1 Å². The first-order valence-electron chi connectivity index (χ1n) is 4.62. The molecule has 84 valence electrons. The van der Waals surface area contributed by atoms with E-state index in [0.29, 0.717) is 12.2 Å². The van der Waals surface area contributed by atoms with E-state index in [1.807, 2.05) is 16.9 Å². The molecule has 2 rings (SSSR count). The number of hydrogen-bond acceptors (Lipinski definition) is 4. The Morgan fingerprint density at radius 3 is 2.44 bits per heavy atom. The predicted octanol–water partition coefficient (Wildman–Crippen LogP) is -1.70. The van der Waals surface area contributed by atoms with E-state index in [0.717, 1.165) is 4.68 Å². The lowest BCUT2D eigenvalue weighted by Gasteiger charge is -2.06. The van der Waals surface area contributed by atoms with Gasteiger partial charge in [-0.15, -0.1) is 4.68 Å². The van der Waals surface area contributed by atoms with E-state index in [-0.39, 0.29) is 0 Å². The molecule has 0 amide bonds. The summed E-state index contributed by atoms with van der Waals surface area (Å²) in [6, 6.07) is 0. The van der Waals surface area contributed by atoms with E-state index in [4.69, 9.17) is 0 Å². The van der Waals surface area contributed by atoms with Crippen LogP contribution < -0.4 is 17.1 Å². The molecule has 0 radical (unpaired) electrons. The van der Waals surface area contributed by atoms with Crippen molar-refractivity contribution in [2.75, 3.05) is 0 Å². The van der Waals surface area contributed by atoms with Gasteiger partial charge in [0.15, 0.2) is 0 Å². The van der Waals surface area contributed by atoms with E-state index in [9.17, 15) is 14.4 Å². The molecule has 8 heteroatoms. The fourth-order valence-electron chi connectivity index (χ4n) is 1.38. The molecular weight excluding hydrogens is 214 g/mol. The van der Waals surface area contributed by atoms with Gasteiger partial charge in [0.25, 0.3) is 0 Å². The summed E-state index contributed by atoms with van der Waals surface area (Å²) in [7, 11) is 0. The topological polar surface area (TPSA) is 106 Å². The minimum Gasteiger partial charge on any atom is -0.257 e. The Kier molecular flexibility index (Phi) is 2.31. The summed E-state index contributed by atoms with van der Waals surface area (Å²) < 4.78 is 2.06. The van der Waals surface area contributed by atoms with Crippen LogP contribution >= 0.6 is 0 Å². The number of nitrogens with zero attached hydrogens (tertiary/aromatic N) is 3. The quantitative estimate of drug-likeness (QED) is 0.632. The standard InChI is InChI=1S/C8H9N5O3/c1-2-5-9-3-4-12(5)13-7(15)10-6(14)11-8(13)16/h3-4H,2H2,1H3,(H2,10,11,14,15,16). The molecule has 0 fully saturated rings. The average molecular weight is 223 g/mol. The summed E-state index contributed by atoms with van der Waals surface area (Å²) in [6.45, 7) is 1.84. The number of imidazole rings is 1. The molecule has 2 aromatic rings. The number of aromatic amines is 2. The van der Waals surface area contributed by atoms with Crippen LogP contribution in [0.5, 0.6) is 0 Å². The summed E-state index contributed by atoms with van der Waals surface area (Å²) in [5.74, 6) is 0.541. The van der Waals surface area contributed by atoms with E-state index >= 15 is 0 Å². The minimum atomic E-state index is -0.829. The van der Waals surface area contributed by atoms with Crippen molar-refractivity contribution in [1.82, 2.24) is 24.3 Å². The highest BCUT2D eigenvalue weighted by Gasteiger charge is 2.08. The molecule has 0 aliphatic rings. The van der Waals surface area contributed by atoms with Crippen molar-refractivity contribution in [2.45, 2.75) is 13.3 Å². The summed E-state index contributed by atoms with van der Waals surface area (Å²) in [5, 5.41) is 0. The summed E-state index contributed by atoms with van der Waals surface area (Å²) in [6.07, 6.45) is 3.49. The van der Waals surface area contributed by atoms with Crippen LogP contribution in [0.1, 0.15) is 12.7 Å². The van der Waals surface area contributed by atoms with Crippen molar-refractivity contribution in [3.63, 3.8) is 0 Å². The number of rotatable bonds is 2. The molecule has 0 saturated heterocycles. The van der Waals surface area contributed by atoms with Crippen molar-refractivity contribution >= 4 is 0 Å². The van der Waals surface area contributed by atoms with Gasteiger partial charge in [0.2, 0.25) is 0 Å². The Morgan fingerprint density at radius 2 is 1.88 bits per heavy atom. The summed E-state index contributed by atoms with van der Waals surface area (Å²) in [5.41, 5.74) is -2.44. The highest BCUT2D eigenvalue weighted by molar-refractivity contribution is 4.93. The monoisotopic (exact) mass is 223 g/mol. The number of nitrogens with one attached hydrogen (secondary N) is 2. The third kappa shape index (κ3) is 1.49. The molecule has 0 bridgehead atoms. The smallest absolute Gasteiger partial charge is 0.257 e. The number of aryl methyl sites for hydroxylation is 1. The molecule has 2 N–H and O–H groups in total. The first-order chi connectivity index (χ1) is 7.63. The molecule has 0 unspecified atom stereocenters. The number of hydrogen-bond donors (Lipinski definition) is 2. The minimum absolute atomic E-state index is 0.541. The van der Waals surface area contributed by atoms with Crippen molar-refractivity contribution in [3.05, 3.63) is 49.7 Å². The Bertz CT molecular complexity index is 639. The molecule has 0 atom stereocenters. The maximum absolute atomic E-state index is 11.5. The van der Waals surface area contributed by atoms with Crippen molar-refractivity contribution in [3.8, 4) is 0 Å². The third-order valence-corrected chi connectivity index (χ3v) is 2.05. The van der Waals surface area contributed by atoms with Gasteiger partial charge in [-0.3, -0.25) is 9.97 Å². The van der Waals surface area contributed by atoms with Crippen molar-refractivity contribution < 1.29 is 0 Å². The fourth-order valence-corrected chi connectivity index (χ4v) is 1.38. The van der Waals surface area contributed by atoms with Crippen LogP contribution in [0.15, 0.2) is 26.8 Å². The molecule has 0 aromatic carbocycles. The molecular formula is C8H9N5O3. The zero-order valence-electron chi connectivity index (χ0n) is 8.43. The van der Waals surface area contributed by atoms with Crippen LogP contribution in [0.2, 0.25) is 0 Å². The van der Waals surface area contributed by atoms with E-state index < -0.39 is 17.1 Å². The zero-order chi connectivity index (χ0) is 11.7. The van der Waals surface area contributed by atoms with Crippen LogP contribution in [-0.4, -0.2) is 24.3 Å². The molecule has 0 spiro atoms. The average Bonchev–Trinajstić information content (AvgIpc) is 2.64. The third-order valence-electron chi connectivity index (χ3n) is 2.05. The van der Waals surface area contributed by atoms with Crippen LogP contribution in [-0.2, 0) is 6.42 Å². The predicted molar refractivity (Wildman–Crippen MR) is 54.3 cm³/mol. The summed E-state index contributed by atoms with van der Waals surface area (Å²) >= 11 is 0. The van der Waals surface area contributed by atoms with Gasteiger partial charge < -0.3 is 0 Å². The van der Waals surface area contributed by atoms with Gasteiger partial charge in [0.05, 0.1) is 0 Å². The van der Waals surface area contributed by atoms with E-state index in [1.54, 1.807) is 0 Å². The highest BCUT2D eigenvalue weighted by atomic mass is 16.2. The lowest BCUT2D eigenvalue weighted by atomic mass is 10.5. The second kappa shape index (κ2) is 3.65. The molecule has 2 heterocycles. The lowest BCUT2D eigenvalue weighted by Crippen LogP contribution is -2.46. The van der Waals surface area contributed by atoms with Gasteiger partial charge in [0.1, 0.15) is 5.82 Å². The Morgan fingerprint density at radius 1 is 1.25 bits per heavy atom. The SMILES string of the molecule is CCc1nccn1-n1c(=O)[nH]c(=O)[nH]c1=O. The summed E-state index contributed by atoms with van der Waals surface area (Å²) in [4.78, 5) is 41.7. The Labute approximate surface area is 88.2 Å². The van der Waals surface area contributed by atoms with Crippen LogP contribution in [0, 0.1) is 0 Å². The molecule has 8 nitrogen and oxygen atoms in total.